The van der Waals surface area contributed by atoms with Crippen LogP contribution in [0.4, 0.5) is 5.69 Å². The first-order valence-corrected chi connectivity index (χ1v) is 6.82. The number of carboxylic acids is 1. The van der Waals surface area contributed by atoms with Crippen molar-refractivity contribution in [3.8, 4) is 0 Å². The van der Waals surface area contributed by atoms with Gasteiger partial charge in [-0.15, -0.1) is 0 Å². The molecule has 1 amide bonds. The zero-order valence-corrected chi connectivity index (χ0v) is 12.0. The van der Waals surface area contributed by atoms with E-state index in [-0.39, 0.29) is 14.9 Å². The average Bonchev–Trinajstić information content (AvgIpc) is 2.66. The monoisotopic (exact) mass is 324 g/mol. The van der Waals surface area contributed by atoms with Crippen molar-refractivity contribution in [1.82, 2.24) is 4.90 Å². The summed E-state index contributed by atoms with van der Waals surface area (Å²) < 4.78 is 0.152. The summed E-state index contributed by atoms with van der Waals surface area (Å²) in [5, 5.41) is 19.4. The SMILES string of the molecule is O=C(O)CN1C(=O)/C(=C/c2cccc([N+](=O)[O-])c2)SC1=S. The maximum absolute atomic E-state index is 12.0. The molecule has 0 radical (unpaired) electrons. The largest absolute Gasteiger partial charge is 0.480 e. The van der Waals surface area contributed by atoms with Crippen LogP contribution in [-0.2, 0) is 9.59 Å². The Labute approximate surface area is 128 Å². The Morgan fingerprint density at radius 3 is 2.86 bits per heavy atom. The number of hydrogen-bond acceptors (Lipinski definition) is 6. The van der Waals surface area contributed by atoms with E-state index in [1.54, 1.807) is 6.07 Å². The molecule has 0 aromatic heterocycles. The number of rotatable bonds is 4. The second kappa shape index (κ2) is 6.02. The van der Waals surface area contributed by atoms with Crippen LogP contribution in [0.15, 0.2) is 29.2 Å². The van der Waals surface area contributed by atoms with E-state index in [9.17, 15) is 19.7 Å². The molecule has 9 heteroatoms. The molecule has 108 valence electrons. The fourth-order valence-corrected chi connectivity index (χ4v) is 2.91. The maximum atomic E-state index is 12.0. The lowest BCUT2D eigenvalue weighted by atomic mass is 10.2. The Morgan fingerprint density at radius 1 is 1.52 bits per heavy atom. The first-order valence-electron chi connectivity index (χ1n) is 5.60. The first kappa shape index (κ1) is 15.1. The topological polar surface area (TPSA) is 101 Å². The van der Waals surface area contributed by atoms with Crippen molar-refractivity contribution in [2.45, 2.75) is 0 Å². The molecule has 0 atom stereocenters. The third-order valence-corrected chi connectivity index (χ3v) is 3.92. The van der Waals surface area contributed by atoms with Gasteiger partial charge in [-0.1, -0.05) is 36.1 Å². The average molecular weight is 324 g/mol. The molecule has 1 aliphatic heterocycles. The van der Waals surface area contributed by atoms with Gasteiger partial charge in [-0.05, 0) is 11.6 Å². The van der Waals surface area contributed by atoms with Gasteiger partial charge in [0.2, 0.25) is 0 Å². The van der Waals surface area contributed by atoms with Crippen LogP contribution < -0.4 is 0 Å². The highest BCUT2D eigenvalue weighted by Gasteiger charge is 2.33. The van der Waals surface area contributed by atoms with Crippen LogP contribution in [0.25, 0.3) is 6.08 Å². The molecule has 1 aromatic rings. The van der Waals surface area contributed by atoms with Gasteiger partial charge in [0.25, 0.3) is 11.6 Å². The van der Waals surface area contributed by atoms with E-state index in [0.29, 0.717) is 5.56 Å². The summed E-state index contributed by atoms with van der Waals surface area (Å²) >= 11 is 5.92. The van der Waals surface area contributed by atoms with E-state index in [1.165, 1.54) is 24.3 Å². The van der Waals surface area contributed by atoms with E-state index in [1.807, 2.05) is 0 Å². The highest BCUT2D eigenvalue weighted by molar-refractivity contribution is 8.26. The Balaban J connectivity index is 2.28. The number of hydrogen-bond donors (Lipinski definition) is 1. The smallest absolute Gasteiger partial charge is 0.323 e. The predicted octanol–water partition coefficient (Wildman–Crippen LogP) is 1.88. The minimum absolute atomic E-state index is 0.0928. The maximum Gasteiger partial charge on any atom is 0.323 e. The summed E-state index contributed by atoms with van der Waals surface area (Å²) in [5.74, 6) is -1.68. The van der Waals surface area contributed by atoms with Gasteiger partial charge in [0.05, 0.1) is 9.83 Å². The lowest BCUT2D eigenvalue weighted by Crippen LogP contribution is -2.33. The lowest BCUT2D eigenvalue weighted by Gasteiger charge is -2.10. The number of carbonyl (C=O) groups excluding carboxylic acids is 1. The summed E-state index contributed by atoms with van der Waals surface area (Å²) in [7, 11) is 0. The molecule has 2 rings (SSSR count). The van der Waals surface area contributed by atoms with Crippen LogP contribution in [0.2, 0.25) is 0 Å². The molecule has 1 heterocycles. The molecule has 0 aliphatic carbocycles. The summed E-state index contributed by atoms with van der Waals surface area (Å²) in [6.07, 6.45) is 1.45. The van der Waals surface area contributed by atoms with Crippen molar-refractivity contribution < 1.29 is 19.6 Å². The van der Waals surface area contributed by atoms with Gasteiger partial charge in [0, 0.05) is 12.1 Å². The number of amides is 1. The lowest BCUT2D eigenvalue weighted by molar-refractivity contribution is -0.384. The number of thiocarbonyl (C=S) groups is 1. The van der Waals surface area contributed by atoms with Crippen LogP contribution in [-0.4, -0.2) is 37.7 Å². The Bertz CT molecular complexity index is 686. The van der Waals surface area contributed by atoms with E-state index in [4.69, 9.17) is 17.3 Å². The highest BCUT2D eigenvalue weighted by Crippen LogP contribution is 2.32. The molecule has 0 unspecified atom stereocenters. The fourth-order valence-electron chi connectivity index (χ4n) is 1.65. The second-order valence-corrected chi connectivity index (χ2v) is 5.69. The van der Waals surface area contributed by atoms with Crippen LogP contribution >= 0.6 is 24.0 Å². The Hall–Kier alpha value is -2.26. The fraction of sp³-hybridized carbons (Fsp3) is 0.0833. The molecule has 21 heavy (non-hydrogen) atoms. The number of aliphatic carboxylic acids is 1. The minimum atomic E-state index is -1.16. The highest BCUT2D eigenvalue weighted by atomic mass is 32.2. The van der Waals surface area contributed by atoms with E-state index in [0.717, 1.165) is 16.7 Å². The van der Waals surface area contributed by atoms with Gasteiger partial charge in [0.15, 0.2) is 0 Å². The van der Waals surface area contributed by atoms with Crippen molar-refractivity contribution in [1.29, 1.82) is 0 Å². The van der Waals surface area contributed by atoms with Gasteiger partial charge in [-0.3, -0.25) is 24.6 Å². The van der Waals surface area contributed by atoms with Crippen molar-refractivity contribution in [3.05, 3.63) is 44.8 Å². The zero-order chi connectivity index (χ0) is 15.6. The van der Waals surface area contributed by atoms with Crippen LogP contribution in [0.3, 0.4) is 0 Å². The Morgan fingerprint density at radius 2 is 2.24 bits per heavy atom. The molecule has 1 aliphatic rings. The number of benzene rings is 1. The standard InChI is InChI=1S/C12H8N2O5S2/c15-10(16)6-13-11(17)9(21-12(13)20)5-7-2-1-3-8(4-7)14(18)19/h1-5H,6H2,(H,15,16)/b9-5-. The van der Waals surface area contributed by atoms with Gasteiger partial charge >= 0.3 is 5.97 Å². The predicted molar refractivity (Wildman–Crippen MR) is 80.6 cm³/mol. The van der Waals surface area contributed by atoms with E-state index in [2.05, 4.69) is 0 Å². The van der Waals surface area contributed by atoms with Gasteiger partial charge in [0.1, 0.15) is 10.9 Å². The van der Waals surface area contributed by atoms with Crippen molar-refractivity contribution >= 4 is 51.9 Å². The van der Waals surface area contributed by atoms with Crippen molar-refractivity contribution in [2.75, 3.05) is 6.54 Å². The third kappa shape index (κ3) is 3.44. The number of nitrogens with zero attached hydrogens (tertiary/aromatic N) is 2. The van der Waals surface area contributed by atoms with E-state index < -0.39 is 23.3 Å². The summed E-state index contributed by atoms with van der Waals surface area (Å²) in [4.78, 5) is 34.1. The molecule has 1 aromatic carbocycles. The second-order valence-electron chi connectivity index (χ2n) is 4.01. The van der Waals surface area contributed by atoms with E-state index >= 15 is 0 Å². The molecule has 1 fully saturated rings. The number of carbonyl (C=O) groups is 2. The summed E-state index contributed by atoms with van der Waals surface area (Å²) in [6.45, 7) is -0.503. The van der Waals surface area contributed by atoms with Crippen LogP contribution in [0.5, 0.6) is 0 Å². The summed E-state index contributed by atoms with van der Waals surface area (Å²) in [5.41, 5.74) is 0.379. The quantitative estimate of drug-likeness (QED) is 0.390. The number of non-ortho nitro benzene ring substituents is 1. The summed E-state index contributed by atoms with van der Waals surface area (Å²) in [6, 6.07) is 5.77. The number of nitro groups is 1. The molecule has 1 saturated heterocycles. The molecular weight excluding hydrogens is 316 g/mol. The molecule has 0 saturated carbocycles. The molecule has 0 spiro atoms. The molecule has 0 bridgehead atoms. The third-order valence-electron chi connectivity index (χ3n) is 2.55. The zero-order valence-electron chi connectivity index (χ0n) is 10.4. The number of nitro benzene ring substituents is 1. The Kier molecular flexibility index (Phi) is 4.34. The first-order chi connectivity index (χ1) is 9.88. The number of carboxylic acid groups (broad SMARTS) is 1. The van der Waals surface area contributed by atoms with Crippen molar-refractivity contribution in [2.24, 2.45) is 0 Å². The molecule has 7 nitrogen and oxygen atoms in total. The van der Waals surface area contributed by atoms with Crippen LogP contribution in [0, 0.1) is 10.1 Å². The van der Waals surface area contributed by atoms with Gasteiger partial charge in [-0.2, -0.15) is 0 Å². The van der Waals surface area contributed by atoms with Crippen molar-refractivity contribution in [3.63, 3.8) is 0 Å². The van der Waals surface area contributed by atoms with Gasteiger partial charge < -0.3 is 5.11 Å². The molecule has 1 N–H and O–H groups in total. The van der Waals surface area contributed by atoms with Gasteiger partial charge in [-0.25, -0.2) is 0 Å². The number of thioether (sulfide) groups is 1. The normalized spacial score (nSPS) is 16.6. The van der Waals surface area contributed by atoms with Crippen LogP contribution in [0.1, 0.15) is 5.56 Å². The molecular formula is C12H8N2O5S2. The minimum Gasteiger partial charge on any atom is -0.480 e.